The fourth-order valence-corrected chi connectivity index (χ4v) is 5.07. The molecule has 1 aliphatic carbocycles. The van der Waals surface area contributed by atoms with E-state index in [0.29, 0.717) is 17.2 Å². The lowest BCUT2D eigenvalue weighted by molar-refractivity contribution is -0.117. The molecule has 0 saturated heterocycles. The van der Waals surface area contributed by atoms with E-state index in [1.54, 1.807) is 54.4 Å². The number of pyridine rings is 1. The molecule has 7 nitrogen and oxygen atoms in total. The number of benzene rings is 2. The van der Waals surface area contributed by atoms with E-state index in [2.05, 4.69) is 20.0 Å². The summed E-state index contributed by atoms with van der Waals surface area (Å²) >= 11 is 1.56. The maximum atomic E-state index is 12.7. The van der Waals surface area contributed by atoms with Crippen molar-refractivity contribution in [1.82, 2.24) is 9.97 Å². The van der Waals surface area contributed by atoms with Crippen LogP contribution in [0.5, 0.6) is 0 Å². The number of amides is 1. The molecule has 0 atom stereocenters. The van der Waals surface area contributed by atoms with Gasteiger partial charge >= 0.3 is 0 Å². The van der Waals surface area contributed by atoms with Crippen molar-refractivity contribution in [3.05, 3.63) is 66.9 Å². The van der Waals surface area contributed by atoms with Crippen LogP contribution in [0.2, 0.25) is 0 Å². The number of sulfonamides is 1. The van der Waals surface area contributed by atoms with E-state index in [4.69, 9.17) is 0 Å². The number of H-pyrrole nitrogens is 1. The SMILES string of the molecule is CSc1ccc(S(=O)(=O)Nc2ccc(-c3cc(NC(=O)C4CC4)nc4[nH]ccc34)cc2)cc1. The fourth-order valence-electron chi connectivity index (χ4n) is 3.60. The summed E-state index contributed by atoms with van der Waals surface area (Å²) in [4.78, 5) is 21.0. The van der Waals surface area contributed by atoms with Crippen LogP contribution >= 0.6 is 11.8 Å². The number of aromatic nitrogens is 2. The van der Waals surface area contributed by atoms with E-state index in [1.807, 2.05) is 30.5 Å². The lowest BCUT2D eigenvalue weighted by atomic mass is 10.0. The summed E-state index contributed by atoms with van der Waals surface area (Å²) in [6, 6.07) is 17.7. The minimum Gasteiger partial charge on any atom is -0.346 e. The van der Waals surface area contributed by atoms with Gasteiger partial charge in [0.15, 0.2) is 0 Å². The fraction of sp³-hybridized carbons (Fsp3) is 0.167. The van der Waals surface area contributed by atoms with E-state index < -0.39 is 10.0 Å². The van der Waals surface area contributed by atoms with Crippen LogP contribution in [0, 0.1) is 5.92 Å². The van der Waals surface area contributed by atoms with Gasteiger partial charge in [-0.1, -0.05) is 12.1 Å². The molecule has 1 amide bonds. The Morgan fingerprint density at radius 2 is 1.79 bits per heavy atom. The number of aromatic amines is 1. The number of nitrogens with one attached hydrogen (secondary N) is 3. The molecule has 0 radical (unpaired) electrons. The van der Waals surface area contributed by atoms with Crippen molar-refractivity contribution in [2.24, 2.45) is 5.92 Å². The Labute approximate surface area is 196 Å². The summed E-state index contributed by atoms with van der Waals surface area (Å²) in [6.07, 6.45) is 5.58. The number of nitrogens with zero attached hydrogens (tertiary/aromatic N) is 1. The highest BCUT2D eigenvalue weighted by molar-refractivity contribution is 7.98. The van der Waals surface area contributed by atoms with E-state index in [9.17, 15) is 13.2 Å². The van der Waals surface area contributed by atoms with Crippen LogP contribution in [0.15, 0.2) is 76.7 Å². The second kappa shape index (κ2) is 8.57. The maximum absolute atomic E-state index is 12.7. The van der Waals surface area contributed by atoms with E-state index in [-0.39, 0.29) is 16.7 Å². The number of carbonyl (C=O) groups is 1. The van der Waals surface area contributed by atoms with E-state index >= 15 is 0 Å². The van der Waals surface area contributed by atoms with Gasteiger partial charge in [-0.3, -0.25) is 9.52 Å². The van der Waals surface area contributed by atoms with Gasteiger partial charge in [0.2, 0.25) is 5.91 Å². The molecule has 2 aromatic carbocycles. The highest BCUT2D eigenvalue weighted by Gasteiger charge is 2.30. The van der Waals surface area contributed by atoms with Crippen LogP contribution in [0.25, 0.3) is 22.2 Å². The zero-order chi connectivity index (χ0) is 23.0. The molecule has 1 saturated carbocycles. The summed E-state index contributed by atoms with van der Waals surface area (Å²) in [5, 5.41) is 3.82. The van der Waals surface area contributed by atoms with Crippen LogP contribution in [-0.2, 0) is 14.8 Å². The Hall–Kier alpha value is -3.30. The predicted octanol–water partition coefficient (Wildman–Crippen LogP) is 5.10. The topological polar surface area (TPSA) is 104 Å². The van der Waals surface area contributed by atoms with Crippen molar-refractivity contribution in [1.29, 1.82) is 0 Å². The van der Waals surface area contributed by atoms with Gasteiger partial charge in [0.25, 0.3) is 10.0 Å². The summed E-state index contributed by atoms with van der Waals surface area (Å²) in [5.41, 5.74) is 2.93. The normalized spacial score (nSPS) is 13.7. The molecule has 2 aromatic heterocycles. The van der Waals surface area contributed by atoms with Crippen molar-refractivity contribution >= 4 is 50.2 Å². The molecule has 33 heavy (non-hydrogen) atoms. The lowest BCUT2D eigenvalue weighted by Gasteiger charge is -2.11. The minimum absolute atomic E-state index is 0.00493. The molecular weight excluding hydrogens is 456 g/mol. The average molecular weight is 479 g/mol. The summed E-state index contributed by atoms with van der Waals surface area (Å²) in [5.74, 6) is 0.573. The monoisotopic (exact) mass is 478 g/mol. The Bertz CT molecular complexity index is 1430. The first-order valence-corrected chi connectivity index (χ1v) is 13.2. The van der Waals surface area contributed by atoms with E-state index in [1.165, 1.54) is 0 Å². The molecule has 3 N–H and O–H groups in total. The number of carbonyl (C=O) groups excluding carboxylic acids is 1. The Balaban J connectivity index is 1.40. The molecule has 4 aromatic rings. The molecule has 0 unspecified atom stereocenters. The standard InChI is InChI=1S/C24H22N4O3S2/c1-32-18-8-10-19(11-9-18)33(30,31)28-17-6-4-15(5-7-17)21-14-22(27-24(29)16-2-3-16)26-23-20(21)12-13-25-23/h4-14,16,28H,2-3H2,1H3,(H2,25,26,27,29). The third-order valence-corrected chi connectivity index (χ3v) is 7.69. The van der Waals surface area contributed by atoms with Gasteiger partial charge in [-0.15, -0.1) is 11.8 Å². The summed E-state index contributed by atoms with van der Waals surface area (Å²) in [7, 11) is -3.69. The number of anilines is 2. The summed E-state index contributed by atoms with van der Waals surface area (Å²) in [6.45, 7) is 0. The maximum Gasteiger partial charge on any atom is 0.261 e. The molecule has 1 aliphatic rings. The van der Waals surface area contributed by atoms with Gasteiger partial charge in [-0.2, -0.15) is 0 Å². The quantitative estimate of drug-likeness (QED) is 0.321. The number of hydrogen-bond acceptors (Lipinski definition) is 5. The molecule has 168 valence electrons. The van der Waals surface area contributed by atoms with Crippen molar-refractivity contribution in [2.45, 2.75) is 22.6 Å². The lowest BCUT2D eigenvalue weighted by Crippen LogP contribution is -2.14. The Kier molecular flexibility index (Phi) is 5.59. The highest BCUT2D eigenvalue weighted by atomic mass is 32.2. The van der Waals surface area contributed by atoms with Crippen molar-refractivity contribution < 1.29 is 13.2 Å². The molecule has 5 rings (SSSR count). The first-order chi connectivity index (χ1) is 15.9. The first-order valence-electron chi connectivity index (χ1n) is 10.5. The van der Waals surface area contributed by atoms with Gasteiger partial charge in [0.05, 0.1) is 4.90 Å². The molecular formula is C24H22N4O3S2. The second-order valence-electron chi connectivity index (χ2n) is 7.92. The van der Waals surface area contributed by atoms with Crippen LogP contribution in [0.1, 0.15) is 12.8 Å². The van der Waals surface area contributed by atoms with Gasteiger partial charge in [-0.05, 0) is 78.8 Å². The zero-order valence-corrected chi connectivity index (χ0v) is 19.5. The Morgan fingerprint density at radius 1 is 1.06 bits per heavy atom. The van der Waals surface area contributed by atoms with Crippen LogP contribution in [0.4, 0.5) is 11.5 Å². The van der Waals surface area contributed by atoms with Crippen LogP contribution in [-0.4, -0.2) is 30.5 Å². The van der Waals surface area contributed by atoms with Gasteiger partial charge in [0, 0.05) is 28.1 Å². The molecule has 1 fully saturated rings. The molecule has 2 heterocycles. The Morgan fingerprint density at radius 3 is 2.45 bits per heavy atom. The largest absolute Gasteiger partial charge is 0.346 e. The van der Waals surface area contributed by atoms with Gasteiger partial charge < -0.3 is 10.3 Å². The minimum atomic E-state index is -3.69. The van der Waals surface area contributed by atoms with Crippen LogP contribution < -0.4 is 10.0 Å². The smallest absolute Gasteiger partial charge is 0.261 e. The van der Waals surface area contributed by atoms with Crippen molar-refractivity contribution in [2.75, 3.05) is 16.3 Å². The molecule has 0 bridgehead atoms. The molecule has 0 spiro atoms. The third-order valence-electron chi connectivity index (χ3n) is 5.55. The van der Waals surface area contributed by atoms with Crippen molar-refractivity contribution in [3.8, 4) is 11.1 Å². The zero-order valence-electron chi connectivity index (χ0n) is 17.8. The predicted molar refractivity (Wildman–Crippen MR) is 132 cm³/mol. The average Bonchev–Trinajstić information content (AvgIpc) is 3.57. The van der Waals surface area contributed by atoms with Crippen LogP contribution in [0.3, 0.4) is 0 Å². The summed E-state index contributed by atoms with van der Waals surface area (Å²) < 4.78 is 28.1. The molecule has 0 aliphatic heterocycles. The number of hydrogen-bond donors (Lipinski definition) is 3. The first kappa shape index (κ1) is 21.5. The number of thioether (sulfide) groups is 1. The highest BCUT2D eigenvalue weighted by Crippen LogP contribution is 2.33. The molecule has 9 heteroatoms. The van der Waals surface area contributed by atoms with E-state index in [0.717, 1.165) is 34.3 Å². The number of fused-ring (bicyclic) bond motifs is 1. The number of rotatable bonds is 7. The van der Waals surface area contributed by atoms with Gasteiger partial charge in [0.1, 0.15) is 11.5 Å². The second-order valence-corrected chi connectivity index (χ2v) is 10.5. The van der Waals surface area contributed by atoms with Gasteiger partial charge in [-0.25, -0.2) is 13.4 Å². The third kappa shape index (κ3) is 4.60. The van der Waals surface area contributed by atoms with Crippen molar-refractivity contribution in [3.63, 3.8) is 0 Å².